The zero-order chi connectivity index (χ0) is 14.5. The Morgan fingerprint density at radius 1 is 1.05 bits per heavy atom. The summed E-state index contributed by atoms with van der Waals surface area (Å²) in [4.78, 5) is 0. The Balaban J connectivity index is 2.27. The van der Waals surface area contributed by atoms with Gasteiger partial charge in [-0.15, -0.1) is 0 Å². The molecule has 20 heavy (non-hydrogen) atoms. The van der Waals surface area contributed by atoms with Crippen molar-refractivity contribution >= 4 is 0 Å². The van der Waals surface area contributed by atoms with Gasteiger partial charge in [-0.2, -0.15) is 0 Å². The first-order valence-corrected chi connectivity index (χ1v) is 7.51. The summed E-state index contributed by atoms with van der Waals surface area (Å²) in [6.07, 6.45) is 6.41. The Morgan fingerprint density at radius 3 is 2.35 bits per heavy atom. The van der Waals surface area contributed by atoms with Gasteiger partial charge in [0, 0.05) is 17.7 Å². The molecule has 0 radical (unpaired) electrons. The second kappa shape index (κ2) is 7.11. The molecule has 1 aromatic rings. The Hall–Kier alpha value is -1.03. The largest absolute Gasteiger partial charge is 0.310 e. The maximum Gasteiger partial charge on any atom is 0.161 e. The van der Waals surface area contributed by atoms with E-state index < -0.39 is 17.5 Å². The summed E-state index contributed by atoms with van der Waals surface area (Å²) in [5.74, 6) is -2.44. The van der Waals surface area contributed by atoms with Crippen molar-refractivity contribution in [1.82, 2.24) is 5.32 Å². The normalized spacial score (nSPS) is 18.2. The van der Waals surface area contributed by atoms with Crippen molar-refractivity contribution in [3.05, 3.63) is 35.1 Å². The Morgan fingerprint density at radius 2 is 1.70 bits per heavy atom. The van der Waals surface area contributed by atoms with Crippen LogP contribution in [0.1, 0.15) is 57.1 Å². The summed E-state index contributed by atoms with van der Waals surface area (Å²) in [5.41, 5.74) is 0.268. The molecule has 1 saturated carbocycles. The average molecular weight is 285 g/mol. The summed E-state index contributed by atoms with van der Waals surface area (Å²) < 4.78 is 40.5. The van der Waals surface area contributed by atoms with E-state index in [9.17, 15) is 13.2 Å². The average Bonchev–Trinajstić information content (AvgIpc) is 2.45. The number of halogens is 3. The van der Waals surface area contributed by atoms with Gasteiger partial charge in [0.1, 0.15) is 5.82 Å². The summed E-state index contributed by atoms with van der Waals surface area (Å²) in [6.45, 7) is 2.78. The number of benzene rings is 1. The number of rotatable bonds is 5. The van der Waals surface area contributed by atoms with Crippen LogP contribution in [0.2, 0.25) is 0 Å². The molecular formula is C16H22F3N. The highest BCUT2D eigenvalue weighted by Gasteiger charge is 2.27. The summed E-state index contributed by atoms with van der Waals surface area (Å²) >= 11 is 0. The van der Waals surface area contributed by atoms with Gasteiger partial charge in [-0.3, -0.25) is 0 Å². The van der Waals surface area contributed by atoms with Crippen LogP contribution in [0.4, 0.5) is 13.2 Å². The quantitative estimate of drug-likeness (QED) is 0.771. The molecule has 1 nitrogen and oxygen atoms in total. The van der Waals surface area contributed by atoms with E-state index in [0.717, 1.165) is 44.7 Å². The fraction of sp³-hybridized carbons (Fsp3) is 0.625. The molecule has 1 aliphatic rings. The maximum absolute atomic E-state index is 14.0. The van der Waals surface area contributed by atoms with E-state index in [4.69, 9.17) is 0 Å². The van der Waals surface area contributed by atoms with Crippen molar-refractivity contribution in [1.29, 1.82) is 0 Å². The summed E-state index contributed by atoms with van der Waals surface area (Å²) in [5, 5.41) is 3.31. The highest BCUT2D eigenvalue weighted by Crippen LogP contribution is 2.36. The Bertz CT molecular complexity index is 442. The van der Waals surface area contributed by atoms with Gasteiger partial charge in [0.05, 0.1) is 0 Å². The van der Waals surface area contributed by atoms with E-state index in [1.54, 1.807) is 0 Å². The zero-order valence-electron chi connectivity index (χ0n) is 11.9. The Labute approximate surface area is 118 Å². The standard InChI is InChI=1S/C16H22F3N/c1-2-8-20-16(11-6-4-3-5-7-11)12-9-14(18)15(19)10-13(12)17/h9-11,16,20H,2-8H2,1H3. The van der Waals surface area contributed by atoms with Gasteiger partial charge in [0.25, 0.3) is 0 Å². The lowest BCUT2D eigenvalue weighted by molar-refractivity contribution is 0.266. The van der Waals surface area contributed by atoms with Gasteiger partial charge < -0.3 is 5.32 Å². The van der Waals surface area contributed by atoms with Crippen LogP contribution in [-0.4, -0.2) is 6.54 Å². The van der Waals surface area contributed by atoms with Crippen molar-refractivity contribution in [3.63, 3.8) is 0 Å². The monoisotopic (exact) mass is 285 g/mol. The maximum atomic E-state index is 14.0. The number of hydrogen-bond donors (Lipinski definition) is 1. The van der Waals surface area contributed by atoms with Gasteiger partial charge in [-0.25, -0.2) is 13.2 Å². The molecule has 112 valence electrons. The van der Waals surface area contributed by atoms with Crippen LogP contribution in [-0.2, 0) is 0 Å². The van der Waals surface area contributed by atoms with Crippen molar-refractivity contribution < 1.29 is 13.2 Å². The fourth-order valence-electron chi connectivity index (χ4n) is 3.07. The molecule has 0 saturated heterocycles. The predicted molar refractivity (Wildman–Crippen MR) is 73.9 cm³/mol. The van der Waals surface area contributed by atoms with Crippen LogP contribution in [0.25, 0.3) is 0 Å². The lowest BCUT2D eigenvalue weighted by Gasteiger charge is -2.31. The minimum Gasteiger partial charge on any atom is -0.310 e. The first kappa shape index (κ1) is 15.4. The molecule has 0 bridgehead atoms. The highest BCUT2D eigenvalue weighted by atomic mass is 19.2. The minimum absolute atomic E-state index is 0.217. The summed E-state index contributed by atoms with van der Waals surface area (Å²) in [7, 11) is 0. The van der Waals surface area contributed by atoms with Crippen LogP contribution >= 0.6 is 0 Å². The van der Waals surface area contributed by atoms with Crippen LogP contribution in [0.3, 0.4) is 0 Å². The van der Waals surface area contributed by atoms with Gasteiger partial charge in [-0.05, 0) is 37.8 Å². The SMILES string of the molecule is CCCNC(c1cc(F)c(F)cc1F)C1CCCCC1. The second-order valence-electron chi connectivity index (χ2n) is 5.62. The van der Waals surface area contributed by atoms with E-state index in [2.05, 4.69) is 5.32 Å². The lowest BCUT2D eigenvalue weighted by Crippen LogP contribution is -2.31. The smallest absolute Gasteiger partial charge is 0.161 e. The zero-order valence-corrected chi connectivity index (χ0v) is 11.9. The molecule has 1 atom stereocenters. The highest BCUT2D eigenvalue weighted by molar-refractivity contribution is 5.24. The first-order chi connectivity index (χ1) is 9.63. The van der Waals surface area contributed by atoms with E-state index in [1.165, 1.54) is 6.42 Å². The molecule has 1 N–H and O–H groups in total. The van der Waals surface area contributed by atoms with E-state index >= 15 is 0 Å². The molecule has 4 heteroatoms. The van der Waals surface area contributed by atoms with Gasteiger partial charge in [0.2, 0.25) is 0 Å². The van der Waals surface area contributed by atoms with Crippen LogP contribution < -0.4 is 5.32 Å². The molecular weight excluding hydrogens is 263 g/mol. The third kappa shape index (κ3) is 3.54. The Kier molecular flexibility index (Phi) is 5.46. The van der Waals surface area contributed by atoms with Gasteiger partial charge >= 0.3 is 0 Å². The number of nitrogens with one attached hydrogen (secondary N) is 1. The van der Waals surface area contributed by atoms with E-state index in [-0.39, 0.29) is 11.6 Å². The van der Waals surface area contributed by atoms with Crippen LogP contribution in [0, 0.1) is 23.4 Å². The third-order valence-corrected chi connectivity index (χ3v) is 4.11. The molecule has 0 amide bonds. The van der Waals surface area contributed by atoms with Crippen LogP contribution in [0.15, 0.2) is 12.1 Å². The second-order valence-corrected chi connectivity index (χ2v) is 5.62. The van der Waals surface area contributed by atoms with E-state index in [0.29, 0.717) is 12.0 Å². The molecule has 0 aliphatic heterocycles. The minimum atomic E-state index is -1.12. The molecule has 1 aliphatic carbocycles. The molecule has 1 aromatic carbocycles. The van der Waals surface area contributed by atoms with Crippen molar-refractivity contribution in [2.24, 2.45) is 5.92 Å². The molecule has 1 unspecified atom stereocenters. The molecule has 1 fully saturated rings. The first-order valence-electron chi connectivity index (χ1n) is 7.51. The van der Waals surface area contributed by atoms with Crippen molar-refractivity contribution in [2.45, 2.75) is 51.5 Å². The molecule has 0 spiro atoms. The third-order valence-electron chi connectivity index (χ3n) is 4.11. The predicted octanol–water partition coefficient (Wildman–Crippen LogP) is 4.72. The number of hydrogen-bond acceptors (Lipinski definition) is 1. The molecule has 2 rings (SSSR count). The topological polar surface area (TPSA) is 12.0 Å². The van der Waals surface area contributed by atoms with E-state index in [1.807, 2.05) is 6.92 Å². The fourth-order valence-corrected chi connectivity index (χ4v) is 3.07. The van der Waals surface area contributed by atoms with Crippen molar-refractivity contribution in [2.75, 3.05) is 6.54 Å². The van der Waals surface area contributed by atoms with Gasteiger partial charge in [-0.1, -0.05) is 26.2 Å². The van der Waals surface area contributed by atoms with Gasteiger partial charge in [0.15, 0.2) is 11.6 Å². The summed E-state index contributed by atoms with van der Waals surface area (Å²) in [6, 6.07) is 1.46. The lowest BCUT2D eigenvalue weighted by atomic mass is 9.81. The van der Waals surface area contributed by atoms with Crippen molar-refractivity contribution in [3.8, 4) is 0 Å². The van der Waals surface area contributed by atoms with Crippen LogP contribution in [0.5, 0.6) is 0 Å². The molecule has 0 heterocycles. The molecule has 0 aromatic heterocycles.